The zero-order valence-electron chi connectivity index (χ0n) is 8.05. The molecule has 0 saturated carbocycles. The van der Waals surface area contributed by atoms with Crippen LogP contribution in [0.4, 0.5) is 24.7 Å². The first-order valence-electron chi connectivity index (χ1n) is 4.50. The molecule has 0 unspecified atom stereocenters. The summed E-state index contributed by atoms with van der Waals surface area (Å²) in [4.78, 5) is 3.87. The van der Waals surface area contributed by atoms with Crippen LogP contribution in [0, 0.1) is 17.5 Å². The average Bonchev–Trinajstić information content (AvgIpc) is 2.31. The number of rotatable bonds is 2. The molecule has 0 saturated heterocycles. The standard InChI is InChI=1S/C11H7F3N2/c12-7-4-5-8(11(14)10(7)13)16-9-3-1-2-6-15-9/h1-6H,(H,15,16). The van der Waals surface area contributed by atoms with Gasteiger partial charge in [-0.3, -0.25) is 0 Å². The van der Waals surface area contributed by atoms with Gasteiger partial charge in [-0.2, -0.15) is 0 Å². The number of hydrogen-bond donors (Lipinski definition) is 1. The van der Waals surface area contributed by atoms with Gasteiger partial charge in [0.2, 0.25) is 0 Å². The van der Waals surface area contributed by atoms with E-state index in [4.69, 9.17) is 0 Å². The highest BCUT2D eigenvalue weighted by Crippen LogP contribution is 2.22. The van der Waals surface area contributed by atoms with E-state index in [1.54, 1.807) is 18.2 Å². The highest BCUT2D eigenvalue weighted by Gasteiger charge is 2.13. The number of nitrogens with zero attached hydrogens (tertiary/aromatic N) is 1. The van der Waals surface area contributed by atoms with E-state index in [2.05, 4.69) is 10.3 Å². The third-order valence-corrected chi connectivity index (χ3v) is 1.96. The minimum atomic E-state index is -1.50. The molecule has 0 radical (unpaired) electrons. The first-order valence-corrected chi connectivity index (χ1v) is 4.50. The van der Waals surface area contributed by atoms with Gasteiger partial charge in [0.05, 0.1) is 5.69 Å². The van der Waals surface area contributed by atoms with E-state index >= 15 is 0 Å². The molecule has 0 aliphatic rings. The summed E-state index contributed by atoms with van der Waals surface area (Å²) >= 11 is 0. The second-order valence-electron chi connectivity index (χ2n) is 3.06. The summed E-state index contributed by atoms with van der Waals surface area (Å²) in [7, 11) is 0. The lowest BCUT2D eigenvalue weighted by Crippen LogP contribution is -1.99. The second kappa shape index (κ2) is 4.22. The van der Waals surface area contributed by atoms with Crippen molar-refractivity contribution in [2.45, 2.75) is 0 Å². The van der Waals surface area contributed by atoms with Crippen LogP contribution in [0.2, 0.25) is 0 Å². The summed E-state index contributed by atoms with van der Waals surface area (Å²) in [5.41, 5.74) is -0.155. The van der Waals surface area contributed by atoms with Crippen LogP contribution >= 0.6 is 0 Å². The average molecular weight is 224 g/mol. The number of benzene rings is 1. The first-order chi connectivity index (χ1) is 7.68. The molecule has 1 N–H and O–H groups in total. The third-order valence-electron chi connectivity index (χ3n) is 1.96. The lowest BCUT2D eigenvalue weighted by molar-refractivity contribution is 0.449. The van der Waals surface area contributed by atoms with E-state index in [0.717, 1.165) is 12.1 Å². The van der Waals surface area contributed by atoms with Crippen LogP contribution in [0.3, 0.4) is 0 Å². The van der Waals surface area contributed by atoms with Gasteiger partial charge in [-0.05, 0) is 24.3 Å². The van der Waals surface area contributed by atoms with Gasteiger partial charge >= 0.3 is 0 Å². The van der Waals surface area contributed by atoms with Gasteiger partial charge in [-0.25, -0.2) is 18.2 Å². The van der Waals surface area contributed by atoms with Crippen molar-refractivity contribution in [2.75, 3.05) is 5.32 Å². The number of halogens is 3. The molecule has 0 aliphatic heterocycles. The molecule has 2 aromatic rings. The quantitative estimate of drug-likeness (QED) is 0.792. The lowest BCUT2D eigenvalue weighted by atomic mass is 10.2. The van der Waals surface area contributed by atoms with Crippen LogP contribution in [-0.2, 0) is 0 Å². The van der Waals surface area contributed by atoms with Crippen molar-refractivity contribution < 1.29 is 13.2 Å². The Balaban J connectivity index is 2.33. The maximum Gasteiger partial charge on any atom is 0.196 e. The van der Waals surface area contributed by atoms with Crippen LogP contribution in [0.5, 0.6) is 0 Å². The first kappa shape index (κ1) is 10.5. The number of aromatic nitrogens is 1. The van der Waals surface area contributed by atoms with E-state index in [0.29, 0.717) is 5.82 Å². The second-order valence-corrected chi connectivity index (χ2v) is 3.06. The fourth-order valence-electron chi connectivity index (χ4n) is 1.20. The number of anilines is 2. The van der Waals surface area contributed by atoms with Crippen molar-refractivity contribution in [1.29, 1.82) is 0 Å². The molecule has 0 fully saturated rings. The molecule has 0 atom stereocenters. The Bertz CT molecular complexity index is 500. The predicted molar refractivity (Wildman–Crippen MR) is 53.8 cm³/mol. The summed E-state index contributed by atoms with van der Waals surface area (Å²) in [5.74, 6) is -3.62. The normalized spacial score (nSPS) is 10.2. The molecule has 1 heterocycles. The van der Waals surface area contributed by atoms with Gasteiger partial charge in [0, 0.05) is 6.20 Å². The minimum Gasteiger partial charge on any atom is -0.338 e. The Labute approximate surface area is 89.8 Å². The molecule has 1 aromatic carbocycles. The monoisotopic (exact) mass is 224 g/mol. The molecule has 1 aromatic heterocycles. The SMILES string of the molecule is Fc1ccc(Nc2ccccn2)c(F)c1F. The fraction of sp³-hybridized carbons (Fsp3) is 0. The summed E-state index contributed by atoms with van der Waals surface area (Å²) in [6, 6.07) is 6.92. The summed E-state index contributed by atoms with van der Waals surface area (Å²) in [5, 5.41) is 2.55. The molecule has 16 heavy (non-hydrogen) atoms. The molecule has 0 bridgehead atoms. The zero-order chi connectivity index (χ0) is 11.5. The summed E-state index contributed by atoms with van der Waals surface area (Å²) < 4.78 is 38.8. The van der Waals surface area contributed by atoms with Crippen molar-refractivity contribution in [3.8, 4) is 0 Å². The van der Waals surface area contributed by atoms with Crippen LogP contribution < -0.4 is 5.32 Å². The van der Waals surface area contributed by atoms with Crippen molar-refractivity contribution in [3.05, 3.63) is 54.0 Å². The minimum absolute atomic E-state index is 0.155. The highest BCUT2D eigenvalue weighted by atomic mass is 19.2. The number of pyridine rings is 1. The molecular formula is C11H7F3N2. The zero-order valence-corrected chi connectivity index (χ0v) is 8.05. The van der Waals surface area contributed by atoms with E-state index in [9.17, 15) is 13.2 Å². The van der Waals surface area contributed by atoms with Gasteiger partial charge in [0.1, 0.15) is 5.82 Å². The number of nitrogens with one attached hydrogen (secondary N) is 1. The number of hydrogen-bond acceptors (Lipinski definition) is 2. The fourth-order valence-corrected chi connectivity index (χ4v) is 1.20. The molecule has 0 amide bonds. The van der Waals surface area contributed by atoms with Crippen molar-refractivity contribution >= 4 is 11.5 Å². The van der Waals surface area contributed by atoms with E-state index in [-0.39, 0.29) is 5.69 Å². The topological polar surface area (TPSA) is 24.9 Å². The molecule has 0 spiro atoms. The third kappa shape index (κ3) is 1.98. The Morgan fingerprint density at radius 2 is 1.75 bits per heavy atom. The van der Waals surface area contributed by atoms with Gasteiger partial charge in [0.15, 0.2) is 17.5 Å². The lowest BCUT2D eigenvalue weighted by Gasteiger charge is -2.06. The molecule has 82 valence electrons. The molecular weight excluding hydrogens is 217 g/mol. The smallest absolute Gasteiger partial charge is 0.196 e. The molecule has 5 heteroatoms. The van der Waals surface area contributed by atoms with Gasteiger partial charge < -0.3 is 5.32 Å². The molecule has 2 nitrogen and oxygen atoms in total. The van der Waals surface area contributed by atoms with Gasteiger partial charge in [-0.1, -0.05) is 6.07 Å². The summed E-state index contributed by atoms with van der Waals surface area (Å²) in [6.07, 6.45) is 1.50. The van der Waals surface area contributed by atoms with Crippen molar-refractivity contribution in [1.82, 2.24) is 4.98 Å². The maximum absolute atomic E-state index is 13.2. The van der Waals surface area contributed by atoms with Crippen LogP contribution in [0.15, 0.2) is 36.5 Å². The predicted octanol–water partition coefficient (Wildman–Crippen LogP) is 3.24. The van der Waals surface area contributed by atoms with Crippen LogP contribution in [-0.4, -0.2) is 4.98 Å². The summed E-state index contributed by atoms with van der Waals surface area (Å²) in [6.45, 7) is 0. The molecule has 2 rings (SSSR count). The molecule has 0 aliphatic carbocycles. The van der Waals surface area contributed by atoms with Crippen molar-refractivity contribution in [3.63, 3.8) is 0 Å². The van der Waals surface area contributed by atoms with Crippen LogP contribution in [0.1, 0.15) is 0 Å². The van der Waals surface area contributed by atoms with Crippen molar-refractivity contribution in [2.24, 2.45) is 0 Å². The van der Waals surface area contributed by atoms with E-state index < -0.39 is 17.5 Å². The maximum atomic E-state index is 13.2. The highest BCUT2D eigenvalue weighted by molar-refractivity contribution is 5.56. The van der Waals surface area contributed by atoms with E-state index in [1.165, 1.54) is 6.20 Å². The Morgan fingerprint density at radius 1 is 0.938 bits per heavy atom. The Morgan fingerprint density at radius 3 is 2.44 bits per heavy atom. The van der Waals surface area contributed by atoms with E-state index in [1.807, 2.05) is 0 Å². The Kier molecular flexibility index (Phi) is 2.76. The van der Waals surface area contributed by atoms with Crippen LogP contribution in [0.25, 0.3) is 0 Å². The van der Waals surface area contributed by atoms with Gasteiger partial charge in [-0.15, -0.1) is 0 Å². The largest absolute Gasteiger partial charge is 0.338 e. The van der Waals surface area contributed by atoms with Gasteiger partial charge in [0.25, 0.3) is 0 Å². The Hall–Kier alpha value is -2.04.